The van der Waals surface area contributed by atoms with E-state index in [-0.39, 0.29) is 29.9 Å². The molecule has 1 aliphatic heterocycles. The van der Waals surface area contributed by atoms with Crippen molar-refractivity contribution in [3.05, 3.63) is 71.8 Å². The van der Waals surface area contributed by atoms with Gasteiger partial charge in [0.25, 0.3) is 0 Å². The highest BCUT2D eigenvalue weighted by molar-refractivity contribution is 14.0. The molecule has 0 atom stereocenters. The van der Waals surface area contributed by atoms with Crippen LogP contribution in [0.5, 0.6) is 0 Å². The van der Waals surface area contributed by atoms with E-state index < -0.39 is 0 Å². The molecule has 0 unspecified atom stereocenters. The molecule has 1 heterocycles. The maximum Gasteiger partial charge on any atom is 0.191 e. The second kappa shape index (κ2) is 14.4. The van der Waals surface area contributed by atoms with E-state index in [1.54, 1.807) is 7.11 Å². The van der Waals surface area contributed by atoms with Crippen LogP contribution in [-0.2, 0) is 4.74 Å². The van der Waals surface area contributed by atoms with Gasteiger partial charge in [-0.05, 0) is 43.0 Å². The third-order valence-corrected chi connectivity index (χ3v) is 5.98. The van der Waals surface area contributed by atoms with E-state index >= 15 is 0 Å². The molecule has 2 N–H and O–H groups in total. The maximum atomic E-state index is 5.20. The monoisotopic (exact) mass is 536 g/mol. The quantitative estimate of drug-likeness (QED) is 0.290. The number of piperidine rings is 1. The molecule has 0 saturated carbocycles. The number of nitrogens with one attached hydrogen (secondary N) is 2. The molecule has 2 aromatic rings. The number of halogens is 1. The first-order valence-electron chi connectivity index (χ1n) is 11.1. The lowest BCUT2D eigenvalue weighted by Gasteiger charge is -2.32. The first kappa shape index (κ1) is 25.6. The lowest BCUT2D eigenvalue weighted by molar-refractivity contribution is 0.121. The minimum atomic E-state index is 0. The van der Waals surface area contributed by atoms with Crippen molar-refractivity contribution in [2.24, 2.45) is 10.9 Å². The van der Waals surface area contributed by atoms with Crippen molar-refractivity contribution >= 4 is 29.9 Å². The van der Waals surface area contributed by atoms with Crippen LogP contribution in [0, 0.1) is 5.92 Å². The summed E-state index contributed by atoms with van der Waals surface area (Å²) in [5.41, 5.74) is 2.63. The van der Waals surface area contributed by atoms with Crippen molar-refractivity contribution < 1.29 is 4.74 Å². The van der Waals surface area contributed by atoms with Crippen molar-refractivity contribution in [1.82, 2.24) is 15.5 Å². The second-order valence-electron chi connectivity index (χ2n) is 7.99. The van der Waals surface area contributed by atoms with Crippen molar-refractivity contribution in [2.45, 2.75) is 18.8 Å². The smallest absolute Gasteiger partial charge is 0.191 e. The highest BCUT2D eigenvalue weighted by Crippen LogP contribution is 2.23. The minimum absolute atomic E-state index is 0. The fourth-order valence-corrected chi connectivity index (χ4v) is 4.09. The van der Waals surface area contributed by atoms with Crippen LogP contribution in [-0.4, -0.2) is 64.3 Å². The van der Waals surface area contributed by atoms with Crippen LogP contribution in [0.15, 0.2) is 65.7 Å². The molecule has 31 heavy (non-hydrogen) atoms. The molecular formula is C25H37IN4O. The summed E-state index contributed by atoms with van der Waals surface area (Å²) < 4.78 is 5.20. The average Bonchev–Trinajstić information content (AvgIpc) is 2.82. The Morgan fingerprint density at radius 3 is 2.10 bits per heavy atom. The molecule has 0 amide bonds. The first-order chi connectivity index (χ1) is 14.8. The molecule has 0 aliphatic carbocycles. The Bertz CT molecular complexity index is 709. The van der Waals surface area contributed by atoms with Crippen molar-refractivity contribution in [2.75, 3.05) is 53.5 Å². The summed E-state index contributed by atoms with van der Waals surface area (Å²) in [4.78, 5) is 6.95. The fraction of sp³-hybridized carbons (Fsp3) is 0.480. The van der Waals surface area contributed by atoms with Gasteiger partial charge in [-0.1, -0.05) is 60.7 Å². The fourth-order valence-electron chi connectivity index (χ4n) is 4.09. The number of ether oxygens (including phenoxy) is 1. The lowest BCUT2D eigenvalue weighted by atomic mass is 9.91. The molecule has 0 bridgehead atoms. The third-order valence-electron chi connectivity index (χ3n) is 5.98. The van der Waals surface area contributed by atoms with Gasteiger partial charge in [0.05, 0.1) is 6.61 Å². The second-order valence-corrected chi connectivity index (χ2v) is 7.99. The number of benzene rings is 2. The Morgan fingerprint density at radius 1 is 1.00 bits per heavy atom. The highest BCUT2D eigenvalue weighted by atomic mass is 127. The standard InChI is InChI=1S/C25H36N4O.HI/c1-26-25(27-19-21-13-15-29(16-14-21)17-18-30-2)28-20-24(22-9-5-3-6-10-22)23-11-7-4-8-12-23;/h3-12,21,24H,13-20H2,1-2H3,(H2,26,27,28);1H. The Hall–Kier alpha value is -1.64. The zero-order chi connectivity index (χ0) is 21.0. The van der Waals surface area contributed by atoms with Crippen molar-refractivity contribution in [1.29, 1.82) is 0 Å². The summed E-state index contributed by atoms with van der Waals surface area (Å²) in [5.74, 6) is 1.87. The van der Waals surface area contributed by atoms with E-state index in [9.17, 15) is 0 Å². The van der Waals surface area contributed by atoms with Crippen LogP contribution in [0.3, 0.4) is 0 Å². The summed E-state index contributed by atoms with van der Waals surface area (Å²) in [6.45, 7) is 5.96. The molecule has 0 radical (unpaired) electrons. The highest BCUT2D eigenvalue weighted by Gasteiger charge is 2.19. The number of methoxy groups -OCH3 is 1. The van der Waals surface area contributed by atoms with Gasteiger partial charge in [0, 0.05) is 39.7 Å². The lowest BCUT2D eigenvalue weighted by Crippen LogP contribution is -2.44. The van der Waals surface area contributed by atoms with Gasteiger partial charge in [0.1, 0.15) is 0 Å². The molecular weight excluding hydrogens is 499 g/mol. The summed E-state index contributed by atoms with van der Waals surface area (Å²) >= 11 is 0. The summed E-state index contributed by atoms with van der Waals surface area (Å²) in [6, 6.07) is 21.4. The van der Waals surface area contributed by atoms with E-state index in [2.05, 4.69) is 81.2 Å². The molecule has 1 saturated heterocycles. The van der Waals surface area contributed by atoms with E-state index in [0.717, 1.165) is 45.3 Å². The van der Waals surface area contributed by atoms with Gasteiger partial charge in [0.15, 0.2) is 5.96 Å². The van der Waals surface area contributed by atoms with Gasteiger partial charge < -0.3 is 20.3 Å². The molecule has 1 aliphatic rings. The summed E-state index contributed by atoms with van der Waals surface area (Å²) in [6.07, 6.45) is 2.45. The van der Waals surface area contributed by atoms with Crippen molar-refractivity contribution in [3.8, 4) is 0 Å². The summed E-state index contributed by atoms with van der Waals surface area (Å²) in [7, 11) is 3.62. The zero-order valence-electron chi connectivity index (χ0n) is 18.8. The van der Waals surface area contributed by atoms with Crippen LogP contribution in [0.1, 0.15) is 29.9 Å². The molecule has 0 aromatic heterocycles. The predicted molar refractivity (Wildman–Crippen MR) is 141 cm³/mol. The van der Waals surface area contributed by atoms with E-state index in [0.29, 0.717) is 5.92 Å². The Labute approximate surface area is 204 Å². The van der Waals surface area contributed by atoms with Crippen molar-refractivity contribution in [3.63, 3.8) is 0 Å². The number of hydrogen-bond acceptors (Lipinski definition) is 3. The Kier molecular flexibility index (Phi) is 11.9. The van der Waals surface area contributed by atoms with Gasteiger partial charge in [-0.25, -0.2) is 0 Å². The van der Waals surface area contributed by atoms with Crippen LogP contribution in [0.4, 0.5) is 0 Å². The minimum Gasteiger partial charge on any atom is -0.383 e. The number of hydrogen-bond donors (Lipinski definition) is 2. The average molecular weight is 537 g/mol. The van der Waals surface area contributed by atoms with E-state index in [4.69, 9.17) is 4.74 Å². The Balaban J connectivity index is 0.00000341. The number of likely N-dealkylation sites (tertiary alicyclic amines) is 1. The maximum absolute atomic E-state index is 5.20. The molecule has 2 aromatic carbocycles. The number of aliphatic imine (C=N–C) groups is 1. The Morgan fingerprint density at radius 2 is 1.58 bits per heavy atom. The third kappa shape index (κ3) is 8.43. The molecule has 5 nitrogen and oxygen atoms in total. The van der Waals surface area contributed by atoms with Crippen LogP contribution < -0.4 is 10.6 Å². The summed E-state index contributed by atoms with van der Waals surface area (Å²) in [5, 5.41) is 7.11. The number of guanidine groups is 1. The van der Waals surface area contributed by atoms with Gasteiger partial charge in [-0.2, -0.15) is 0 Å². The normalized spacial score (nSPS) is 15.5. The predicted octanol–water partition coefficient (Wildman–Crippen LogP) is 3.96. The largest absolute Gasteiger partial charge is 0.383 e. The molecule has 0 spiro atoms. The van der Waals surface area contributed by atoms with Gasteiger partial charge in [0.2, 0.25) is 0 Å². The van der Waals surface area contributed by atoms with Crippen LogP contribution in [0.2, 0.25) is 0 Å². The number of rotatable bonds is 9. The topological polar surface area (TPSA) is 48.9 Å². The molecule has 170 valence electrons. The molecule has 3 rings (SSSR count). The first-order valence-corrected chi connectivity index (χ1v) is 11.1. The molecule has 6 heteroatoms. The van der Waals surface area contributed by atoms with E-state index in [1.807, 2.05) is 7.05 Å². The van der Waals surface area contributed by atoms with Gasteiger partial charge in [-0.3, -0.25) is 4.99 Å². The SMILES string of the molecule is CN=C(NCC1CCN(CCOC)CC1)NCC(c1ccccc1)c1ccccc1.I. The van der Waals surface area contributed by atoms with Gasteiger partial charge >= 0.3 is 0 Å². The van der Waals surface area contributed by atoms with Gasteiger partial charge in [-0.15, -0.1) is 24.0 Å². The zero-order valence-corrected chi connectivity index (χ0v) is 21.1. The number of nitrogens with zero attached hydrogens (tertiary/aromatic N) is 2. The van der Waals surface area contributed by atoms with Crippen LogP contribution >= 0.6 is 24.0 Å². The van der Waals surface area contributed by atoms with Crippen LogP contribution in [0.25, 0.3) is 0 Å². The van der Waals surface area contributed by atoms with E-state index in [1.165, 1.54) is 24.0 Å². The molecule has 1 fully saturated rings.